The summed E-state index contributed by atoms with van der Waals surface area (Å²) in [6.07, 6.45) is 1.57. The number of nitrogens with zero attached hydrogens (tertiary/aromatic N) is 2. The number of allylic oxidation sites excluding steroid dienone is 2. The Hall–Kier alpha value is -3.53. The number of hydrogen-bond donors (Lipinski definition) is 1. The fourth-order valence-corrected chi connectivity index (χ4v) is 9.91. The number of rotatable bonds is 5. The number of aromatic hydroxyl groups is 1. The Morgan fingerprint density at radius 3 is 2.04 bits per heavy atom. The van der Waals surface area contributed by atoms with Gasteiger partial charge in [-0.05, 0) is 86.4 Å². The van der Waals surface area contributed by atoms with Crippen molar-refractivity contribution in [1.82, 2.24) is 0 Å². The third-order valence-electron chi connectivity index (χ3n) is 10.5. The first-order chi connectivity index (χ1) is 24.5. The molecule has 2 saturated heterocycles. The topological polar surface area (TPSA) is 104 Å². The van der Waals surface area contributed by atoms with Crippen molar-refractivity contribution in [2.45, 2.75) is 41.9 Å². The molecule has 6 unspecified atom stereocenters. The maximum absolute atomic E-state index is 15.3. The van der Waals surface area contributed by atoms with Gasteiger partial charge in [-0.15, -0.1) is 23.2 Å². The molecule has 0 aromatic heterocycles. The van der Waals surface area contributed by atoms with Crippen molar-refractivity contribution in [2.24, 2.45) is 17.8 Å². The van der Waals surface area contributed by atoms with E-state index in [0.29, 0.717) is 12.1 Å². The first kappa shape index (κ1) is 36.8. The summed E-state index contributed by atoms with van der Waals surface area (Å²) < 4.78 is 79.1. The van der Waals surface area contributed by atoms with E-state index in [0.717, 1.165) is 10.5 Å². The molecular weight excluding hydrogens is 870 g/mol. The van der Waals surface area contributed by atoms with Gasteiger partial charge in [0.05, 0.1) is 29.1 Å². The highest BCUT2D eigenvalue weighted by Crippen LogP contribution is 2.67. The molecule has 0 bridgehead atoms. The summed E-state index contributed by atoms with van der Waals surface area (Å²) in [5.41, 5.74) is -0.377. The van der Waals surface area contributed by atoms with E-state index in [1.54, 1.807) is 30.3 Å². The molecule has 0 spiro atoms. The minimum atomic E-state index is -2.76. The molecule has 1 N–H and O–H groups in total. The third kappa shape index (κ3) is 4.67. The predicted molar refractivity (Wildman–Crippen MR) is 185 cm³/mol. The van der Waals surface area contributed by atoms with E-state index in [9.17, 15) is 37.5 Å². The number of alkyl halides is 2. The van der Waals surface area contributed by atoms with Crippen LogP contribution in [0.15, 0.2) is 50.9 Å². The molecule has 2 aliphatic heterocycles. The first-order valence-electron chi connectivity index (χ1n) is 15.7. The predicted octanol–water partition coefficient (Wildman–Crippen LogP) is 7.95. The zero-order chi connectivity index (χ0) is 37.9. The lowest BCUT2D eigenvalue weighted by atomic mass is 9.56. The molecule has 4 amide bonds. The van der Waals surface area contributed by atoms with Gasteiger partial charge in [0.25, 0.3) is 11.8 Å². The lowest BCUT2D eigenvalue weighted by molar-refractivity contribution is -0.125. The van der Waals surface area contributed by atoms with Crippen LogP contribution >= 0.6 is 55.1 Å². The number of carbonyl (C=O) groups is 4. The molecule has 3 fully saturated rings. The Morgan fingerprint density at radius 1 is 0.865 bits per heavy atom. The molecule has 1 saturated carbocycles. The average Bonchev–Trinajstić information content (AvgIpc) is 3.47. The minimum absolute atomic E-state index is 0.0130. The van der Waals surface area contributed by atoms with Gasteiger partial charge in [0.1, 0.15) is 5.69 Å². The van der Waals surface area contributed by atoms with E-state index in [-0.39, 0.29) is 37.2 Å². The number of carbonyl (C=O) groups excluding carboxylic acids is 4. The Bertz CT molecular complexity index is 2160. The van der Waals surface area contributed by atoms with Crippen LogP contribution < -0.4 is 14.5 Å². The molecule has 2 aliphatic carbocycles. The molecule has 17 heteroatoms. The van der Waals surface area contributed by atoms with Crippen LogP contribution in [0.3, 0.4) is 0 Å². The van der Waals surface area contributed by atoms with E-state index in [2.05, 4.69) is 31.9 Å². The molecule has 3 aromatic rings. The molecule has 2 heterocycles. The number of imide groups is 2. The van der Waals surface area contributed by atoms with E-state index >= 15 is 8.78 Å². The van der Waals surface area contributed by atoms with Crippen molar-refractivity contribution in [3.8, 4) is 11.5 Å². The molecule has 7 rings (SSSR count). The summed E-state index contributed by atoms with van der Waals surface area (Å²) in [7, 11) is 1.22. The molecular formula is C35H23Br2Cl2F5N2O6. The number of amides is 4. The maximum Gasteiger partial charge on any atom is 0.258 e. The number of halogens is 9. The van der Waals surface area contributed by atoms with Gasteiger partial charge in [0.2, 0.25) is 17.6 Å². The fraction of sp³-hybridized carbons (Fsp3) is 0.314. The van der Waals surface area contributed by atoms with Crippen molar-refractivity contribution in [1.29, 1.82) is 0 Å². The van der Waals surface area contributed by atoms with Gasteiger partial charge in [-0.1, -0.05) is 30.7 Å². The summed E-state index contributed by atoms with van der Waals surface area (Å²) in [5, 5.41) is 10.7. The Kier molecular flexibility index (Phi) is 8.87. The largest absolute Gasteiger partial charge is 0.503 e. The average molecular weight is 893 g/mol. The number of phenolic OH excluding ortho intramolecular Hbond substituents is 1. The fourth-order valence-electron chi connectivity index (χ4n) is 8.02. The van der Waals surface area contributed by atoms with E-state index in [1.807, 2.05) is 6.92 Å². The second-order valence-electron chi connectivity index (χ2n) is 12.9. The number of aryl methyl sites for hydroxylation is 1. The summed E-state index contributed by atoms with van der Waals surface area (Å²) >= 11 is 21.0. The van der Waals surface area contributed by atoms with Crippen LogP contribution in [0.2, 0.25) is 0 Å². The van der Waals surface area contributed by atoms with Gasteiger partial charge in [0, 0.05) is 10.4 Å². The quantitative estimate of drug-likeness (QED) is 0.0697. The number of methoxy groups -OCH3 is 1. The van der Waals surface area contributed by atoms with E-state index in [1.165, 1.54) is 13.2 Å². The highest BCUT2D eigenvalue weighted by molar-refractivity contribution is 9.13. The highest BCUT2D eigenvalue weighted by Gasteiger charge is 2.77. The molecule has 4 aliphatic rings. The van der Waals surface area contributed by atoms with Crippen LogP contribution in [0.5, 0.6) is 11.5 Å². The number of anilines is 2. The standard InChI is InChI=1S/C35H23Br2Cl2F5N2O6/c1-3-12-4-6-13(7-5-12)45-30(48)15-9-8-14-17(19(15)31(45)49)11-34(38)32(50)46(28-26(43)24(41)23(40)25(42)27(28)44)33(51)35(34,39)20(14)16-10-18(52-2)29(47)22(37)21(16)36/h4-8,10,15,17,19-20,47H,3,9,11H2,1-2H3. The molecule has 272 valence electrons. The summed E-state index contributed by atoms with van der Waals surface area (Å²) in [5.74, 6) is -22.2. The molecule has 3 aromatic carbocycles. The van der Waals surface area contributed by atoms with E-state index < -0.39 is 104 Å². The van der Waals surface area contributed by atoms with Gasteiger partial charge in [-0.2, -0.15) is 0 Å². The van der Waals surface area contributed by atoms with Gasteiger partial charge in [-0.3, -0.25) is 24.1 Å². The van der Waals surface area contributed by atoms with Gasteiger partial charge >= 0.3 is 0 Å². The van der Waals surface area contributed by atoms with Crippen molar-refractivity contribution in [3.05, 3.63) is 91.1 Å². The number of fused-ring (bicyclic) bond motifs is 4. The number of ether oxygens (including phenoxy) is 1. The van der Waals surface area contributed by atoms with E-state index in [4.69, 9.17) is 27.9 Å². The zero-order valence-corrected chi connectivity index (χ0v) is 31.4. The van der Waals surface area contributed by atoms with Crippen LogP contribution in [0.4, 0.5) is 33.3 Å². The second-order valence-corrected chi connectivity index (χ2v) is 15.7. The molecule has 0 radical (unpaired) electrons. The van der Waals surface area contributed by atoms with Crippen LogP contribution in [-0.2, 0) is 25.6 Å². The minimum Gasteiger partial charge on any atom is -0.503 e. The molecule has 6 atom stereocenters. The molecule has 52 heavy (non-hydrogen) atoms. The Morgan fingerprint density at radius 2 is 1.46 bits per heavy atom. The van der Waals surface area contributed by atoms with Gasteiger partial charge < -0.3 is 9.84 Å². The maximum atomic E-state index is 15.3. The van der Waals surface area contributed by atoms with Crippen molar-refractivity contribution in [3.63, 3.8) is 0 Å². The normalized spacial score (nSPS) is 28.2. The smallest absolute Gasteiger partial charge is 0.258 e. The van der Waals surface area contributed by atoms with Crippen LogP contribution in [0.1, 0.15) is 36.8 Å². The second kappa shape index (κ2) is 12.5. The summed E-state index contributed by atoms with van der Waals surface area (Å²) in [6, 6.07) is 8.02. The first-order valence-corrected chi connectivity index (χ1v) is 18.0. The van der Waals surface area contributed by atoms with Crippen molar-refractivity contribution < 1.29 is 51.0 Å². The van der Waals surface area contributed by atoms with Crippen LogP contribution in [0.25, 0.3) is 0 Å². The van der Waals surface area contributed by atoms with Crippen LogP contribution in [-0.4, -0.2) is 45.6 Å². The van der Waals surface area contributed by atoms with Crippen LogP contribution in [0, 0.1) is 46.8 Å². The lowest BCUT2D eigenvalue weighted by Crippen LogP contribution is -2.60. The molecule has 8 nitrogen and oxygen atoms in total. The van der Waals surface area contributed by atoms with Crippen molar-refractivity contribution in [2.75, 3.05) is 16.9 Å². The summed E-state index contributed by atoms with van der Waals surface area (Å²) in [4.78, 5) is 52.5. The third-order valence-corrected chi connectivity index (χ3v) is 14.1. The highest BCUT2D eigenvalue weighted by atomic mass is 79.9. The Labute approximate surface area is 318 Å². The summed E-state index contributed by atoms with van der Waals surface area (Å²) in [6.45, 7) is 1.93. The number of phenols is 1. The monoisotopic (exact) mass is 890 g/mol. The number of benzene rings is 3. The zero-order valence-electron chi connectivity index (χ0n) is 26.7. The van der Waals surface area contributed by atoms with Gasteiger partial charge in [-0.25, -0.2) is 26.9 Å². The SMILES string of the molecule is CCc1ccc(N2C(=O)C3CC=C4C(CC5(Cl)C(=O)N(c6c(F)c(F)c(F)c(F)c6F)C(=O)C5(Cl)C4c4cc(OC)c(O)c(Br)c4Br)C3C2=O)cc1. The van der Waals surface area contributed by atoms with Crippen molar-refractivity contribution >= 4 is 90.1 Å². The number of hydrogen-bond acceptors (Lipinski definition) is 6. The van der Waals surface area contributed by atoms with Gasteiger partial charge in [0.15, 0.2) is 44.5 Å². The Balaban J connectivity index is 1.46. The lowest BCUT2D eigenvalue weighted by Gasteiger charge is -2.51.